The third-order valence-corrected chi connectivity index (χ3v) is 4.92. The van der Waals surface area contributed by atoms with Gasteiger partial charge in [-0.05, 0) is 56.8 Å². The summed E-state index contributed by atoms with van der Waals surface area (Å²) in [5.41, 5.74) is 3.42. The number of ether oxygens (including phenoxy) is 1. The summed E-state index contributed by atoms with van der Waals surface area (Å²) in [5.74, 6) is 1.57. The van der Waals surface area contributed by atoms with Crippen molar-refractivity contribution < 1.29 is 4.74 Å². The molecule has 0 radical (unpaired) electrons. The highest BCUT2D eigenvalue weighted by molar-refractivity contribution is 5.18. The van der Waals surface area contributed by atoms with Crippen molar-refractivity contribution in [3.05, 3.63) is 23.8 Å². The minimum atomic E-state index is 0.255. The van der Waals surface area contributed by atoms with E-state index in [1.807, 2.05) is 0 Å². The van der Waals surface area contributed by atoms with E-state index < -0.39 is 0 Å². The van der Waals surface area contributed by atoms with Crippen LogP contribution in [0.5, 0.6) is 0 Å². The van der Waals surface area contributed by atoms with Gasteiger partial charge in [0.25, 0.3) is 0 Å². The van der Waals surface area contributed by atoms with Gasteiger partial charge in [-0.25, -0.2) is 0 Å². The molecule has 0 amide bonds. The molecule has 1 saturated carbocycles. The summed E-state index contributed by atoms with van der Waals surface area (Å²) >= 11 is 0. The van der Waals surface area contributed by atoms with E-state index in [0.717, 1.165) is 24.9 Å². The van der Waals surface area contributed by atoms with Gasteiger partial charge in [0.05, 0.1) is 6.10 Å². The van der Waals surface area contributed by atoms with E-state index in [-0.39, 0.29) is 6.10 Å². The maximum atomic E-state index is 5.84. The molecule has 0 aliphatic heterocycles. The Labute approximate surface area is 112 Å². The van der Waals surface area contributed by atoms with Crippen molar-refractivity contribution in [3.8, 4) is 0 Å². The molecule has 1 heteroatoms. The molecule has 3 unspecified atom stereocenters. The Kier molecular flexibility index (Phi) is 4.01. The number of rotatable bonds is 2. The molecule has 2 aliphatic rings. The molecule has 18 heavy (non-hydrogen) atoms. The van der Waals surface area contributed by atoms with Gasteiger partial charge >= 0.3 is 0 Å². The molecule has 102 valence electrons. The molecule has 3 atom stereocenters. The minimum Gasteiger partial charge on any atom is -0.374 e. The Bertz CT molecular complexity index is 351. The van der Waals surface area contributed by atoms with Crippen LogP contribution < -0.4 is 0 Å². The van der Waals surface area contributed by atoms with Gasteiger partial charge in [0.1, 0.15) is 0 Å². The third-order valence-electron chi connectivity index (χ3n) is 4.92. The summed E-state index contributed by atoms with van der Waals surface area (Å²) in [6.07, 6.45) is 7.45. The van der Waals surface area contributed by atoms with Crippen LogP contribution in [0.15, 0.2) is 23.8 Å². The quantitative estimate of drug-likeness (QED) is 0.641. The van der Waals surface area contributed by atoms with Crippen LogP contribution in [-0.4, -0.2) is 12.7 Å². The fourth-order valence-corrected chi connectivity index (χ4v) is 3.84. The highest BCUT2D eigenvalue weighted by atomic mass is 16.5. The molecule has 0 aromatic heterocycles. The molecular weight excluding hydrogens is 220 g/mol. The Morgan fingerprint density at radius 1 is 1.44 bits per heavy atom. The standard InChI is InChI=1S/C17H28O/c1-6-18-14-9-12(2)7-8-16-15(13(3)10-14)11-17(16,4)5/h9,14-16H,3,6-8,10-11H2,1-2,4-5H3. The summed E-state index contributed by atoms with van der Waals surface area (Å²) in [6, 6.07) is 0. The van der Waals surface area contributed by atoms with E-state index in [2.05, 4.69) is 40.3 Å². The van der Waals surface area contributed by atoms with Crippen LogP contribution in [0.1, 0.15) is 53.4 Å². The van der Waals surface area contributed by atoms with Gasteiger partial charge in [-0.15, -0.1) is 0 Å². The zero-order valence-corrected chi connectivity index (χ0v) is 12.5. The Hall–Kier alpha value is -0.560. The van der Waals surface area contributed by atoms with Crippen molar-refractivity contribution in [2.24, 2.45) is 17.3 Å². The first-order valence-corrected chi connectivity index (χ1v) is 7.40. The predicted octanol–water partition coefficient (Wildman–Crippen LogP) is 4.74. The van der Waals surface area contributed by atoms with Crippen LogP contribution in [-0.2, 0) is 4.74 Å². The summed E-state index contributed by atoms with van der Waals surface area (Å²) in [5, 5.41) is 0. The maximum absolute atomic E-state index is 5.84. The van der Waals surface area contributed by atoms with Crippen LogP contribution in [0.25, 0.3) is 0 Å². The van der Waals surface area contributed by atoms with Crippen LogP contribution in [0.2, 0.25) is 0 Å². The van der Waals surface area contributed by atoms with E-state index in [4.69, 9.17) is 4.74 Å². The zero-order valence-electron chi connectivity index (χ0n) is 12.5. The van der Waals surface area contributed by atoms with E-state index in [1.165, 1.54) is 30.4 Å². The van der Waals surface area contributed by atoms with Crippen molar-refractivity contribution in [1.29, 1.82) is 0 Å². The van der Waals surface area contributed by atoms with E-state index in [9.17, 15) is 0 Å². The predicted molar refractivity (Wildman–Crippen MR) is 77.5 cm³/mol. The highest BCUT2D eigenvalue weighted by Crippen LogP contribution is 2.56. The van der Waals surface area contributed by atoms with Crippen molar-refractivity contribution in [2.75, 3.05) is 6.61 Å². The monoisotopic (exact) mass is 248 g/mol. The number of hydrogen-bond donors (Lipinski definition) is 0. The topological polar surface area (TPSA) is 9.23 Å². The molecular formula is C17H28O. The number of fused-ring (bicyclic) bond motifs is 1. The second-order valence-electron chi connectivity index (χ2n) is 6.81. The summed E-state index contributed by atoms with van der Waals surface area (Å²) in [4.78, 5) is 0. The number of hydrogen-bond acceptors (Lipinski definition) is 1. The molecule has 0 bridgehead atoms. The lowest BCUT2D eigenvalue weighted by Crippen LogP contribution is -2.44. The molecule has 2 rings (SSSR count). The van der Waals surface area contributed by atoms with Gasteiger partial charge < -0.3 is 4.74 Å². The molecule has 0 heterocycles. The summed E-state index contributed by atoms with van der Waals surface area (Å²) in [6.45, 7) is 14.3. The van der Waals surface area contributed by atoms with Crippen LogP contribution in [0.3, 0.4) is 0 Å². The molecule has 0 saturated heterocycles. The van der Waals surface area contributed by atoms with Crippen molar-refractivity contribution in [3.63, 3.8) is 0 Å². The second-order valence-corrected chi connectivity index (χ2v) is 6.81. The largest absolute Gasteiger partial charge is 0.374 e. The first-order chi connectivity index (χ1) is 8.44. The first kappa shape index (κ1) is 13.9. The van der Waals surface area contributed by atoms with E-state index in [0.29, 0.717) is 5.41 Å². The second kappa shape index (κ2) is 5.21. The van der Waals surface area contributed by atoms with Gasteiger partial charge in [-0.2, -0.15) is 0 Å². The Balaban J connectivity index is 2.13. The lowest BCUT2D eigenvalue weighted by atomic mass is 9.52. The number of allylic oxidation sites excluding steroid dienone is 1. The third kappa shape index (κ3) is 2.71. The normalized spacial score (nSPS) is 35.7. The maximum Gasteiger partial charge on any atom is 0.0795 e. The Morgan fingerprint density at radius 2 is 2.17 bits per heavy atom. The fraction of sp³-hybridized carbons (Fsp3) is 0.765. The lowest BCUT2D eigenvalue weighted by molar-refractivity contribution is 0.000157. The van der Waals surface area contributed by atoms with E-state index in [1.54, 1.807) is 0 Å². The smallest absolute Gasteiger partial charge is 0.0795 e. The molecule has 0 N–H and O–H groups in total. The molecule has 2 aliphatic carbocycles. The Morgan fingerprint density at radius 3 is 2.78 bits per heavy atom. The van der Waals surface area contributed by atoms with Crippen LogP contribution >= 0.6 is 0 Å². The molecule has 0 aromatic rings. The molecule has 0 spiro atoms. The zero-order chi connectivity index (χ0) is 13.3. The highest BCUT2D eigenvalue weighted by Gasteiger charge is 2.47. The average Bonchev–Trinajstić information content (AvgIpc) is 2.29. The van der Waals surface area contributed by atoms with Crippen molar-refractivity contribution in [1.82, 2.24) is 0 Å². The molecule has 1 fully saturated rings. The SMILES string of the molecule is C=C1CC(OCC)C=C(C)CCC2C1CC2(C)C. The summed E-state index contributed by atoms with van der Waals surface area (Å²) < 4.78 is 5.84. The first-order valence-electron chi connectivity index (χ1n) is 7.40. The molecule has 0 aromatic carbocycles. The summed E-state index contributed by atoms with van der Waals surface area (Å²) in [7, 11) is 0. The van der Waals surface area contributed by atoms with Gasteiger partial charge in [0.2, 0.25) is 0 Å². The van der Waals surface area contributed by atoms with Crippen molar-refractivity contribution >= 4 is 0 Å². The molecule has 1 nitrogen and oxygen atoms in total. The lowest BCUT2D eigenvalue weighted by Gasteiger charge is -2.53. The van der Waals surface area contributed by atoms with Gasteiger partial charge in [0.15, 0.2) is 0 Å². The fourth-order valence-electron chi connectivity index (χ4n) is 3.84. The average molecular weight is 248 g/mol. The van der Waals surface area contributed by atoms with Gasteiger partial charge in [-0.1, -0.05) is 37.6 Å². The van der Waals surface area contributed by atoms with Gasteiger partial charge in [-0.3, -0.25) is 0 Å². The van der Waals surface area contributed by atoms with Gasteiger partial charge in [0, 0.05) is 6.61 Å². The van der Waals surface area contributed by atoms with E-state index >= 15 is 0 Å². The van der Waals surface area contributed by atoms with Crippen LogP contribution in [0, 0.1) is 17.3 Å². The van der Waals surface area contributed by atoms with Crippen molar-refractivity contribution in [2.45, 2.75) is 59.5 Å². The minimum absolute atomic E-state index is 0.255. The van der Waals surface area contributed by atoms with Crippen LogP contribution in [0.4, 0.5) is 0 Å².